The maximum Gasteiger partial charge on any atom is 0.560 e. The molecule has 1 aliphatic carbocycles. The van der Waals surface area contributed by atoms with Crippen LogP contribution in [0.5, 0.6) is 0 Å². The zero-order valence-corrected chi connectivity index (χ0v) is 8.54. The molecule has 0 saturated carbocycles. The van der Waals surface area contributed by atoms with Crippen LogP contribution in [0.15, 0.2) is 6.08 Å². The van der Waals surface area contributed by atoms with Crippen molar-refractivity contribution < 1.29 is 0 Å². The summed E-state index contributed by atoms with van der Waals surface area (Å²) < 4.78 is 0. The maximum atomic E-state index is 3.20. The number of allylic oxidation sites excluding steroid dienone is 2. The molecule has 0 saturated heterocycles. The first kappa shape index (κ1) is 8.47. The van der Waals surface area contributed by atoms with Crippen LogP contribution in [0.3, 0.4) is 0 Å². The molecule has 0 aliphatic heterocycles. The molecule has 3 heteroatoms. The van der Waals surface area contributed by atoms with Crippen molar-refractivity contribution >= 4 is 41.8 Å². The molecule has 0 bridgehead atoms. The Morgan fingerprint density at radius 2 is 1.71 bits per heavy atom. The van der Waals surface area contributed by atoms with Gasteiger partial charge >= 0.3 is 16.0 Å². The molecule has 0 fully saturated rings. The Kier molecular flexibility index (Phi) is 9.03. The van der Waals surface area contributed by atoms with Crippen molar-refractivity contribution in [1.29, 1.82) is 0 Å². The third-order valence-corrected chi connectivity index (χ3v) is 0.577. The number of hydrogen-bond donors (Lipinski definition) is 0. The van der Waals surface area contributed by atoms with E-state index in [0.717, 1.165) is 0 Å². The zero-order valence-electron chi connectivity index (χ0n) is 3.95. The third kappa shape index (κ3) is 7.47. The van der Waals surface area contributed by atoms with Gasteiger partial charge in [-0.1, -0.05) is 6.08 Å². The lowest BCUT2D eigenvalue weighted by atomic mass is 10.1. The smallest absolute Gasteiger partial charge is 0.280 e. The molecule has 37 valence electrons. The lowest BCUT2D eigenvalue weighted by molar-refractivity contribution is 0.928. The average molecular weight is 237 g/mol. The van der Waals surface area contributed by atoms with E-state index in [1.165, 1.54) is 12.8 Å². The predicted octanol–water partition coefficient (Wildman–Crippen LogP) is 2.45. The minimum atomic E-state index is 0.0417. The van der Waals surface area contributed by atoms with Crippen molar-refractivity contribution in [3.8, 4) is 0 Å². The summed E-state index contributed by atoms with van der Waals surface area (Å²) in [4.78, 5) is 0. The minimum Gasteiger partial charge on any atom is -0.280 e. The van der Waals surface area contributed by atoms with Crippen LogP contribution in [0.25, 0.3) is 0 Å². The Labute approximate surface area is 66.2 Å². The van der Waals surface area contributed by atoms with E-state index in [2.05, 4.69) is 37.9 Å². The normalized spacial score (nSPS) is 12.9. The Morgan fingerprint density at radius 3 is 1.71 bits per heavy atom. The highest BCUT2D eigenvalue weighted by Gasteiger charge is 1.82. The van der Waals surface area contributed by atoms with Gasteiger partial charge in [-0.2, -0.15) is 0 Å². The summed E-state index contributed by atoms with van der Waals surface area (Å²) >= 11 is 6.44. The van der Waals surface area contributed by atoms with Gasteiger partial charge in [0.1, 0.15) is 0 Å². The monoisotopic (exact) mass is 235 g/mol. The van der Waals surface area contributed by atoms with Crippen molar-refractivity contribution in [3.63, 3.8) is 0 Å². The van der Waals surface area contributed by atoms with Crippen LogP contribution in [-0.2, 0) is 0 Å². The molecule has 0 heterocycles. The maximum absolute atomic E-state index is 3.20. The summed E-state index contributed by atoms with van der Waals surface area (Å²) in [6.45, 7) is 0. The molecule has 0 nitrogen and oxygen atoms in total. The average Bonchev–Trinajstić information content (AvgIpc) is 1.27. The van der Waals surface area contributed by atoms with Crippen molar-refractivity contribution in [2.24, 2.45) is 0 Å². The summed E-state index contributed by atoms with van der Waals surface area (Å²) in [7, 11) is 0. The quantitative estimate of drug-likeness (QED) is 0.568. The topological polar surface area (TPSA) is 0 Å². The summed E-state index contributed by atoms with van der Waals surface area (Å²) in [5, 5.41) is 0. The molecule has 1 rings (SSSR count). The van der Waals surface area contributed by atoms with Gasteiger partial charge in [0.25, 0.3) is 0 Å². The highest BCUT2D eigenvalue weighted by Crippen LogP contribution is 2.00. The molecule has 0 atom stereocenters. The summed E-state index contributed by atoms with van der Waals surface area (Å²) in [5.41, 5.74) is 0. The first-order valence-electron chi connectivity index (χ1n) is 2.08. The van der Waals surface area contributed by atoms with Gasteiger partial charge in [-0.25, -0.2) is 0 Å². The molecule has 0 N–H and O–H groups in total. The lowest BCUT2D eigenvalue weighted by Crippen LogP contribution is -1.73. The van der Waals surface area contributed by atoms with Crippen molar-refractivity contribution in [2.45, 2.75) is 12.8 Å². The Morgan fingerprint density at radius 1 is 1.57 bits per heavy atom. The van der Waals surface area contributed by atoms with E-state index in [4.69, 9.17) is 0 Å². The van der Waals surface area contributed by atoms with E-state index in [1.807, 2.05) is 0 Å². The third-order valence-electron chi connectivity index (χ3n) is 0.577. The van der Waals surface area contributed by atoms with Gasteiger partial charge < -0.3 is 0 Å². The van der Waals surface area contributed by atoms with Gasteiger partial charge in [0, 0.05) is 0 Å². The van der Waals surface area contributed by atoms with E-state index in [9.17, 15) is 0 Å². The van der Waals surface area contributed by atoms with Crippen molar-refractivity contribution in [2.75, 3.05) is 0 Å². The van der Waals surface area contributed by atoms with Crippen LogP contribution in [0.1, 0.15) is 12.8 Å². The van der Waals surface area contributed by atoms with E-state index in [-0.39, 0.29) is 16.0 Å². The second kappa shape index (κ2) is 7.47. The van der Waals surface area contributed by atoms with E-state index in [1.54, 1.807) is 0 Å². The molecular formula is C4H5Br2Mg. The van der Waals surface area contributed by atoms with Gasteiger partial charge in [0.2, 0.25) is 0 Å². The fourth-order valence-electron chi connectivity index (χ4n) is 0.144. The first-order valence-corrected chi connectivity index (χ1v) is 9.88. The molecule has 0 unspecified atom stereocenters. The lowest BCUT2D eigenvalue weighted by Gasteiger charge is -1.91. The fourth-order valence-corrected chi connectivity index (χ4v) is 0.144. The number of halogens is 2. The van der Waals surface area contributed by atoms with Gasteiger partial charge in [0.15, 0.2) is 0 Å². The van der Waals surface area contributed by atoms with E-state index in [0.29, 0.717) is 0 Å². The van der Waals surface area contributed by atoms with Crippen molar-refractivity contribution in [3.05, 3.63) is 12.2 Å². The second-order valence-electron chi connectivity index (χ2n) is 1.05. The SMILES string of the molecule is [Br][Mg][Br].[C]1=CCC1. The molecule has 1 radical (unpaired) electrons. The van der Waals surface area contributed by atoms with Gasteiger partial charge in [-0.05, 0) is 18.9 Å². The van der Waals surface area contributed by atoms with Crippen LogP contribution in [0.4, 0.5) is 0 Å². The van der Waals surface area contributed by atoms with Crippen LogP contribution in [-0.4, -0.2) is 16.0 Å². The Bertz CT molecular complexity index is 47.7. The molecule has 0 aromatic carbocycles. The van der Waals surface area contributed by atoms with Gasteiger partial charge in [-0.3, -0.25) is 25.8 Å². The second-order valence-corrected chi connectivity index (χ2v) is 9.13. The zero-order chi connectivity index (χ0) is 5.54. The highest BCUT2D eigenvalue weighted by molar-refractivity contribution is 9.47. The van der Waals surface area contributed by atoms with Crippen LogP contribution < -0.4 is 0 Å². The van der Waals surface area contributed by atoms with Crippen LogP contribution >= 0.6 is 25.8 Å². The first-order chi connectivity index (χ1) is 3.41. The standard InChI is InChI=1S/C4H5.2BrH.Mg/c1-2-4-3-1;;;/h1H,2,4H2;2*1H;/q;;;+2/p-2. The summed E-state index contributed by atoms with van der Waals surface area (Å²) in [6.07, 6.45) is 7.50. The van der Waals surface area contributed by atoms with Gasteiger partial charge in [0.05, 0.1) is 0 Å². The van der Waals surface area contributed by atoms with Crippen LogP contribution in [0.2, 0.25) is 0 Å². The Hall–Kier alpha value is 1.47. The minimum absolute atomic E-state index is 0.0417. The molecule has 0 spiro atoms. The van der Waals surface area contributed by atoms with Crippen LogP contribution in [0, 0.1) is 6.08 Å². The summed E-state index contributed by atoms with van der Waals surface area (Å²) in [5.74, 6) is 0. The fraction of sp³-hybridized carbons (Fsp3) is 0.500. The molecule has 0 aromatic rings. The molecule has 0 aromatic heterocycles. The predicted molar refractivity (Wildman–Crippen MR) is 40.7 cm³/mol. The molecule has 1 aliphatic rings. The van der Waals surface area contributed by atoms with Crippen molar-refractivity contribution in [1.82, 2.24) is 0 Å². The van der Waals surface area contributed by atoms with E-state index >= 15 is 0 Å². The van der Waals surface area contributed by atoms with E-state index < -0.39 is 0 Å². The van der Waals surface area contributed by atoms with Gasteiger partial charge in [-0.15, -0.1) is 0 Å². The molecule has 7 heavy (non-hydrogen) atoms. The largest absolute Gasteiger partial charge is 0.560 e. The summed E-state index contributed by atoms with van der Waals surface area (Å²) in [6, 6.07) is 0. The Balaban J connectivity index is 0.000000110. The molecular weight excluding hydrogens is 232 g/mol. The number of rotatable bonds is 0. The number of hydrogen-bond acceptors (Lipinski definition) is 0. The highest BCUT2D eigenvalue weighted by atomic mass is 79.9. The molecule has 0 amide bonds.